The van der Waals surface area contributed by atoms with E-state index < -0.39 is 6.10 Å². The van der Waals surface area contributed by atoms with Gasteiger partial charge in [-0.1, -0.05) is 28.1 Å². The van der Waals surface area contributed by atoms with Gasteiger partial charge in [-0.25, -0.2) is 4.39 Å². The van der Waals surface area contributed by atoms with E-state index in [9.17, 15) is 9.50 Å². The van der Waals surface area contributed by atoms with Crippen molar-refractivity contribution in [3.8, 4) is 0 Å². The zero-order valence-corrected chi connectivity index (χ0v) is 12.8. The van der Waals surface area contributed by atoms with E-state index in [0.29, 0.717) is 0 Å². The molecule has 0 aliphatic heterocycles. The third-order valence-electron chi connectivity index (χ3n) is 3.34. The van der Waals surface area contributed by atoms with Gasteiger partial charge in [0, 0.05) is 4.47 Å². The monoisotopic (exact) mass is 322 g/mol. The largest absolute Gasteiger partial charge is 0.384 e. The van der Waals surface area contributed by atoms with Crippen molar-refractivity contribution in [3.05, 3.63) is 68.4 Å². The molecule has 1 nitrogen and oxygen atoms in total. The third-order valence-corrected chi connectivity index (χ3v) is 4.20. The van der Waals surface area contributed by atoms with Crippen molar-refractivity contribution in [2.45, 2.75) is 26.9 Å². The molecule has 1 N–H and O–H groups in total. The minimum absolute atomic E-state index is 0.268. The predicted octanol–water partition coefficient (Wildman–Crippen LogP) is 4.60. The van der Waals surface area contributed by atoms with Crippen molar-refractivity contribution in [3.63, 3.8) is 0 Å². The Morgan fingerprint density at radius 1 is 1.00 bits per heavy atom. The molecule has 0 saturated heterocycles. The van der Waals surface area contributed by atoms with Crippen molar-refractivity contribution >= 4 is 15.9 Å². The van der Waals surface area contributed by atoms with Crippen LogP contribution in [0.4, 0.5) is 4.39 Å². The first-order valence-electron chi connectivity index (χ1n) is 6.11. The molecule has 0 saturated carbocycles. The molecule has 0 heterocycles. The minimum atomic E-state index is -0.738. The zero-order chi connectivity index (χ0) is 14.2. The van der Waals surface area contributed by atoms with E-state index in [1.807, 2.05) is 39.0 Å². The highest BCUT2D eigenvalue weighted by Gasteiger charge is 2.17. The van der Waals surface area contributed by atoms with E-state index in [1.165, 1.54) is 12.1 Å². The second-order valence-electron chi connectivity index (χ2n) is 4.86. The Morgan fingerprint density at radius 3 is 2.11 bits per heavy atom. The average Bonchev–Trinajstić information content (AvgIpc) is 2.31. The predicted molar refractivity (Wildman–Crippen MR) is 78.8 cm³/mol. The van der Waals surface area contributed by atoms with Crippen LogP contribution in [0.3, 0.4) is 0 Å². The quantitative estimate of drug-likeness (QED) is 0.857. The standard InChI is InChI=1S/C16H16BrFO/c1-9-4-5-12(8-14(9)17)16(19)15-10(2)6-13(18)7-11(15)3/h4-8,16,19H,1-3H3. The second-order valence-corrected chi connectivity index (χ2v) is 5.72. The SMILES string of the molecule is Cc1ccc(C(O)c2c(C)cc(F)cc2C)cc1Br. The van der Waals surface area contributed by atoms with Crippen LogP contribution in [-0.2, 0) is 0 Å². The van der Waals surface area contributed by atoms with E-state index in [4.69, 9.17) is 0 Å². The molecule has 0 bridgehead atoms. The molecule has 0 amide bonds. The first-order chi connectivity index (χ1) is 8.90. The topological polar surface area (TPSA) is 20.2 Å². The van der Waals surface area contributed by atoms with Crippen LogP contribution in [-0.4, -0.2) is 5.11 Å². The van der Waals surface area contributed by atoms with Crippen LogP contribution in [0.1, 0.15) is 33.9 Å². The highest BCUT2D eigenvalue weighted by Crippen LogP contribution is 2.30. The Hall–Kier alpha value is -1.19. The molecular weight excluding hydrogens is 307 g/mol. The lowest BCUT2D eigenvalue weighted by atomic mass is 9.93. The van der Waals surface area contributed by atoms with Crippen molar-refractivity contribution < 1.29 is 9.50 Å². The normalized spacial score (nSPS) is 12.5. The van der Waals surface area contributed by atoms with Gasteiger partial charge < -0.3 is 5.11 Å². The summed E-state index contributed by atoms with van der Waals surface area (Å²) in [6.45, 7) is 5.63. The number of aryl methyl sites for hydroxylation is 3. The molecule has 0 fully saturated rings. The van der Waals surface area contributed by atoms with Crippen LogP contribution >= 0.6 is 15.9 Å². The molecule has 0 radical (unpaired) electrons. The minimum Gasteiger partial charge on any atom is -0.384 e. The third kappa shape index (κ3) is 2.88. The van der Waals surface area contributed by atoms with Gasteiger partial charge in [0.15, 0.2) is 0 Å². The first-order valence-corrected chi connectivity index (χ1v) is 6.90. The summed E-state index contributed by atoms with van der Waals surface area (Å²) >= 11 is 3.46. The van der Waals surface area contributed by atoms with Crippen molar-refractivity contribution in [2.75, 3.05) is 0 Å². The summed E-state index contributed by atoms with van der Waals surface area (Å²) in [7, 11) is 0. The van der Waals surface area contributed by atoms with Crippen LogP contribution in [0.2, 0.25) is 0 Å². The maximum Gasteiger partial charge on any atom is 0.123 e. The molecule has 3 heteroatoms. The second kappa shape index (κ2) is 5.43. The Labute approximate surface area is 121 Å². The van der Waals surface area contributed by atoms with Crippen LogP contribution in [0.5, 0.6) is 0 Å². The highest BCUT2D eigenvalue weighted by atomic mass is 79.9. The Morgan fingerprint density at radius 2 is 1.58 bits per heavy atom. The number of aliphatic hydroxyl groups excluding tert-OH is 1. The Bertz CT molecular complexity index is 599. The molecule has 2 rings (SSSR count). The Kier molecular flexibility index (Phi) is 4.07. The smallest absolute Gasteiger partial charge is 0.123 e. The van der Waals surface area contributed by atoms with Gasteiger partial charge in [0.2, 0.25) is 0 Å². The van der Waals surface area contributed by atoms with Crippen molar-refractivity contribution in [1.82, 2.24) is 0 Å². The molecular formula is C16H16BrFO. The van der Waals surface area contributed by atoms with Gasteiger partial charge in [-0.2, -0.15) is 0 Å². The van der Waals surface area contributed by atoms with Gasteiger partial charge in [-0.15, -0.1) is 0 Å². The zero-order valence-electron chi connectivity index (χ0n) is 11.2. The molecule has 1 atom stereocenters. The van der Waals surface area contributed by atoms with E-state index in [0.717, 1.165) is 32.3 Å². The van der Waals surface area contributed by atoms with E-state index >= 15 is 0 Å². The maximum absolute atomic E-state index is 13.3. The summed E-state index contributed by atoms with van der Waals surface area (Å²) in [5, 5.41) is 10.5. The average molecular weight is 323 g/mol. The molecule has 0 aliphatic rings. The summed E-state index contributed by atoms with van der Waals surface area (Å²) in [5.41, 5.74) is 4.22. The van der Waals surface area contributed by atoms with Gasteiger partial charge in [0.1, 0.15) is 11.9 Å². The first kappa shape index (κ1) is 14.2. The highest BCUT2D eigenvalue weighted by molar-refractivity contribution is 9.10. The van der Waals surface area contributed by atoms with Crippen LogP contribution in [0.25, 0.3) is 0 Å². The number of halogens is 2. The Balaban J connectivity index is 2.49. The van der Waals surface area contributed by atoms with Crippen LogP contribution < -0.4 is 0 Å². The van der Waals surface area contributed by atoms with Crippen molar-refractivity contribution in [1.29, 1.82) is 0 Å². The molecule has 0 aliphatic carbocycles. The van der Waals surface area contributed by atoms with Crippen LogP contribution in [0.15, 0.2) is 34.8 Å². The molecule has 100 valence electrons. The number of aliphatic hydroxyl groups is 1. The van der Waals surface area contributed by atoms with Crippen molar-refractivity contribution in [2.24, 2.45) is 0 Å². The fraction of sp³-hybridized carbons (Fsp3) is 0.250. The summed E-state index contributed by atoms with van der Waals surface area (Å²) in [6, 6.07) is 8.66. The lowest BCUT2D eigenvalue weighted by Crippen LogP contribution is -2.05. The fourth-order valence-corrected chi connectivity index (χ4v) is 2.70. The lowest BCUT2D eigenvalue weighted by Gasteiger charge is -2.18. The van der Waals surface area contributed by atoms with Gasteiger partial charge in [0.05, 0.1) is 0 Å². The van der Waals surface area contributed by atoms with Gasteiger partial charge in [0.25, 0.3) is 0 Å². The number of hydrogen-bond donors (Lipinski definition) is 1. The maximum atomic E-state index is 13.3. The molecule has 2 aromatic carbocycles. The molecule has 19 heavy (non-hydrogen) atoms. The number of rotatable bonds is 2. The molecule has 1 unspecified atom stereocenters. The van der Waals surface area contributed by atoms with Crippen LogP contribution in [0, 0.1) is 26.6 Å². The number of hydrogen-bond acceptors (Lipinski definition) is 1. The lowest BCUT2D eigenvalue weighted by molar-refractivity contribution is 0.218. The molecule has 0 aromatic heterocycles. The van der Waals surface area contributed by atoms with E-state index in [1.54, 1.807) is 0 Å². The van der Waals surface area contributed by atoms with Gasteiger partial charge in [-0.05, 0) is 66.8 Å². The number of benzene rings is 2. The summed E-state index contributed by atoms with van der Waals surface area (Å²) < 4.78 is 14.3. The van der Waals surface area contributed by atoms with Gasteiger partial charge in [-0.3, -0.25) is 0 Å². The summed E-state index contributed by atoms with van der Waals surface area (Å²) in [6.07, 6.45) is -0.738. The summed E-state index contributed by atoms with van der Waals surface area (Å²) in [4.78, 5) is 0. The van der Waals surface area contributed by atoms with E-state index in [-0.39, 0.29) is 5.82 Å². The fourth-order valence-electron chi connectivity index (χ4n) is 2.30. The molecule has 0 spiro atoms. The van der Waals surface area contributed by atoms with Gasteiger partial charge >= 0.3 is 0 Å². The summed E-state index contributed by atoms with van der Waals surface area (Å²) in [5.74, 6) is -0.268. The van der Waals surface area contributed by atoms with E-state index in [2.05, 4.69) is 15.9 Å². The molecule has 2 aromatic rings.